The van der Waals surface area contributed by atoms with Gasteiger partial charge in [-0.05, 0) is 43.7 Å². The summed E-state index contributed by atoms with van der Waals surface area (Å²) in [6, 6.07) is 4.88. The molecular formula is C27H20F7N7O2. The molecule has 0 saturated heterocycles. The van der Waals surface area contributed by atoms with Crippen molar-refractivity contribution in [1.29, 1.82) is 5.26 Å². The number of fused-ring (bicyclic) bond motifs is 1. The Morgan fingerprint density at radius 1 is 1.12 bits per heavy atom. The van der Waals surface area contributed by atoms with Crippen molar-refractivity contribution in [3.8, 4) is 23.2 Å². The third-order valence-corrected chi connectivity index (χ3v) is 6.81. The Kier molecular flexibility index (Phi) is 7.04. The van der Waals surface area contributed by atoms with Crippen molar-refractivity contribution in [2.24, 2.45) is 5.73 Å². The molecule has 5 rings (SSSR count). The number of nitrogens with two attached hydrogens (primary N) is 1. The fourth-order valence-electron chi connectivity index (χ4n) is 4.45. The minimum Gasteiger partial charge on any atom is -0.419 e. The number of nitriles is 1. The number of anilines is 1. The van der Waals surface area contributed by atoms with E-state index in [0.29, 0.717) is 23.1 Å². The van der Waals surface area contributed by atoms with E-state index in [4.69, 9.17) is 10.2 Å². The Balaban J connectivity index is 1.57. The second-order valence-electron chi connectivity index (χ2n) is 10.4. The van der Waals surface area contributed by atoms with Gasteiger partial charge in [-0.15, -0.1) is 10.2 Å². The van der Waals surface area contributed by atoms with Crippen LogP contribution in [0.5, 0.6) is 0 Å². The third-order valence-electron chi connectivity index (χ3n) is 6.81. The van der Waals surface area contributed by atoms with E-state index in [0.717, 1.165) is 23.1 Å². The van der Waals surface area contributed by atoms with E-state index in [9.17, 15) is 23.2 Å². The standard InChI is InChI=1S/C27H20F7N7O2/c1-25(2,12-35)24-39-38-22(43-24)15-6-21-16(7-17(15)28)26(30,31)8-19(36)23(42)40(21)10-13-3-4-20(18(29)5-13)41-11-14(9-37-41)27(32,33)34/h3-7,9,11,19H,8,10,36H2,1-2H3. The van der Waals surface area contributed by atoms with Crippen LogP contribution in [0.15, 0.2) is 47.1 Å². The van der Waals surface area contributed by atoms with E-state index in [1.807, 2.05) is 6.07 Å². The summed E-state index contributed by atoms with van der Waals surface area (Å²) in [5.41, 5.74) is 1.33. The summed E-state index contributed by atoms with van der Waals surface area (Å²) in [6.07, 6.45) is -4.75. The van der Waals surface area contributed by atoms with E-state index >= 15 is 17.6 Å². The quantitative estimate of drug-likeness (QED) is 0.302. The molecule has 1 unspecified atom stereocenters. The molecular weight excluding hydrogens is 587 g/mol. The molecule has 224 valence electrons. The van der Waals surface area contributed by atoms with Crippen LogP contribution in [-0.4, -0.2) is 31.9 Å². The molecule has 0 saturated carbocycles. The number of hydrogen-bond donors (Lipinski definition) is 1. The van der Waals surface area contributed by atoms with Crippen LogP contribution in [0.3, 0.4) is 0 Å². The normalized spacial score (nSPS) is 17.0. The average Bonchev–Trinajstić information content (AvgIpc) is 3.61. The molecule has 0 spiro atoms. The molecule has 16 heteroatoms. The van der Waals surface area contributed by atoms with E-state index in [1.54, 1.807) is 0 Å². The summed E-state index contributed by atoms with van der Waals surface area (Å²) >= 11 is 0. The molecule has 0 aliphatic carbocycles. The van der Waals surface area contributed by atoms with Crippen molar-refractivity contribution in [2.75, 3.05) is 4.90 Å². The van der Waals surface area contributed by atoms with Crippen molar-refractivity contribution >= 4 is 11.6 Å². The van der Waals surface area contributed by atoms with E-state index in [1.165, 1.54) is 19.9 Å². The van der Waals surface area contributed by atoms with E-state index in [2.05, 4.69) is 15.3 Å². The first kappa shape index (κ1) is 29.7. The van der Waals surface area contributed by atoms with Gasteiger partial charge >= 0.3 is 6.18 Å². The first-order chi connectivity index (χ1) is 20.0. The van der Waals surface area contributed by atoms with Gasteiger partial charge in [0.25, 0.3) is 11.8 Å². The van der Waals surface area contributed by atoms with Crippen LogP contribution in [0.1, 0.15) is 42.8 Å². The number of hydrogen-bond acceptors (Lipinski definition) is 7. The SMILES string of the molecule is CC(C)(C#N)c1nnc(-c2cc3c(cc2F)C(F)(F)CC(N)C(=O)N3Cc2ccc(-n3cc(C(F)(F)F)cn3)c(F)c2)o1. The Morgan fingerprint density at radius 3 is 2.47 bits per heavy atom. The number of alkyl halides is 5. The summed E-state index contributed by atoms with van der Waals surface area (Å²) in [6.45, 7) is 2.40. The summed E-state index contributed by atoms with van der Waals surface area (Å²) in [7, 11) is 0. The van der Waals surface area contributed by atoms with Crippen LogP contribution < -0.4 is 10.6 Å². The van der Waals surface area contributed by atoms with Gasteiger partial charge in [0.15, 0.2) is 0 Å². The molecule has 4 aromatic rings. The maximum Gasteiger partial charge on any atom is 0.419 e. The highest BCUT2D eigenvalue weighted by Crippen LogP contribution is 2.45. The van der Waals surface area contributed by atoms with Gasteiger partial charge in [-0.2, -0.15) is 23.5 Å². The van der Waals surface area contributed by atoms with Gasteiger partial charge in [0.1, 0.15) is 22.7 Å². The molecule has 1 aliphatic rings. The van der Waals surface area contributed by atoms with Crippen molar-refractivity contribution < 1.29 is 39.9 Å². The number of benzene rings is 2. The van der Waals surface area contributed by atoms with Crippen molar-refractivity contribution in [2.45, 2.75) is 50.4 Å². The Bertz CT molecular complexity index is 1770. The predicted molar refractivity (Wildman–Crippen MR) is 135 cm³/mol. The molecule has 1 amide bonds. The maximum atomic E-state index is 15.2. The summed E-state index contributed by atoms with van der Waals surface area (Å²) in [4.78, 5) is 14.1. The monoisotopic (exact) mass is 607 g/mol. The largest absolute Gasteiger partial charge is 0.419 e. The van der Waals surface area contributed by atoms with Crippen LogP contribution in [0.25, 0.3) is 17.1 Å². The second-order valence-corrected chi connectivity index (χ2v) is 10.4. The van der Waals surface area contributed by atoms with Gasteiger partial charge in [0.05, 0.1) is 41.7 Å². The molecule has 1 atom stereocenters. The molecule has 2 N–H and O–H groups in total. The molecule has 43 heavy (non-hydrogen) atoms. The lowest BCUT2D eigenvalue weighted by molar-refractivity contribution is -0.137. The van der Waals surface area contributed by atoms with Gasteiger partial charge in [0.2, 0.25) is 11.8 Å². The first-order valence-corrected chi connectivity index (χ1v) is 12.5. The van der Waals surface area contributed by atoms with Gasteiger partial charge in [-0.3, -0.25) is 4.79 Å². The molecule has 0 radical (unpaired) electrons. The van der Waals surface area contributed by atoms with Crippen molar-refractivity contribution in [3.63, 3.8) is 0 Å². The van der Waals surface area contributed by atoms with Crippen LogP contribution in [0.4, 0.5) is 36.4 Å². The molecule has 0 fully saturated rings. The fraction of sp³-hybridized carbons (Fsp3) is 0.296. The number of halogens is 7. The van der Waals surface area contributed by atoms with Crippen LogP contribution in [-0.2, 0) is 28.9 Å². The molecule has 2 aromatic carbocycles. The van der Waals surface area contributed by atoms with Gasteiger partial charge in [-0.1, -0.05) is 6.07 Å². The molecule has 1 aliphatic heterocycles. The number of amides is 1. The van der Waals surface area contributed by atoms with E-state index < -0.39 is 82.3 Å². The lowest BCUT2D eigenvalue weighted by atomic mass is 9.96. The molecule has 2 aromatic heterocycles. The Morgan fingerprint density at radius 2 is 1.84 bits per heavy atom. The second kappa shape index (κ2) is 10.2. The third kappa shape index (κ3) is 5.43. The number of carbonyl (C=O) groups excluding carboxylic acids is 1. The lowest BCUT2D eigenvalue weighted by Gasteiger charge is -2.25. The topological polar surface area (TPSA) is 127 Å². The van der Waals surface area contributed by atoms with Crippen molar-refractivity contribution in [1.82, 2.24) is 20.0 Å². The molecule has 9 nitrogen and oxygen atoms in total. The zero-order valence-electron chi connectivity index (χ0n) is 22.3. The summed E-state index contributed by atoms with van der Waals surface area (Å²) in [5.74, 6) is -7.57. The van der Waals surface area contributed by atoms with Crippen LogP contribution >= 0.6 is 0 Å². The zero-order chi connectivity index (χ0) is 31.5. The van der Waals surface area contributed by atoms with Gasteiger partial charge in [-0.25, -0.2) is 22.2 Å². The Hall–Kier alpha value is -4.78. The Labute approximate surface area is 238 Å². The first-order valence-electron chi connectivity index (χ1n) is 12.5. The highest BCUT2D eigenvalue weighted by Gasteiger charge is 2.45. The summed E-state index contributed by atoms with van der Waals surface area (Å²) < 4.78 is 106. The average molecular weight is 607 g/mol. The number of aromatic nitrogens is 4. The predicted octanol–water partition coefficient (Wildman–Crippen LogP) is 5.38. The highest BCUT2D eigenvalue weighted by atomic mass is 19.4. The van der Waals surface area contributed by atoms with Crippen molar-refractivity contribution in [3.05, 3.63) is 76.9 Å². The van der Waals surface area contributed by atoms with E-state index in [-0.39, 0.29) is 17.1 Å². The fourth-order valence-corrected chi connectivity index (χ4v) is 4.45. The molecule has 3 heterocycles. The number of rotatable bonds is 5. The highest BCUT2D eigenvalue weighted by molar-refractivity contribution is 5.99. The van der Waals surface area contributed by atoms with Crippen LogP contribution in [0, 0.1) is 23.0 Å². The smallest absolute Gasteiger partial charge is 0.419 e. The number of carbonyl (C=O) groups is 1. The molecule has 0 bridgehead atoms. The van der Waals surface area contributed by atoms with Gasteiger partial charge < -0.3 is 15.1 Å². The minimum atomic E-state index is -4.71. The lowest BCUT2D eigenvalue weighted by Crippen LogP contribution is -2.43. The maximum absolute atomic E-state index is 15.2. The van der Waals surface area contributed by atoms with Gasteiger partial charge in [0, 0.05) is 18.2 Å². The number of nitrogens with zero attached hydrogens (tertiary/aromatic N) is 6. The summed E-state index contributed by atoms with van der Waals surface area (Å²) in [5, 5.41) is 20.3. The van der Waals surface area contributed by atoms with Crippen LogP contribution in [0.2, 0.25) is 0 Å². The zero-order valence-corrected chi connectivity index (χ0v) is 22.3. The minimum absolute atomic E-state index is 0.0443.